The molecule has 2 fully saturated rings. The second-order valence-corrected chi connectivity index (χ2v) is 6.45. The van der Waals surface area contributed by atoms with Crippen molar-refractivity contribution in [1.82, 2.24) is 0 Å². The maximum absolute atomic E-state index is 12.2. The number of fused-ring (bicyclic) bond motifs is 2. The van der Waals surface area contributed by atoms with E-state index in [0.717, 1.165) is 35.1 Å². The SMILES string of the molecule is Cc1cccc(C)c1NC(=O)CC1CC2CCC1C2. The summed E-state index contributed by atoms with van der Waals surface area (Å²) in [5.41, 5.74) is 3.32. The minimum atomic E-state index is 0.204. The minimum Gasteiger partial charge on any atom is -0.326 e. The molecule has 102 valence electrons. The van der Waals surface area contributed by atoms with Crippen LogP contribution >= 0.6 is 0 Å². The maximum atomic E-state index is 12.2. The van der Waals surface area contributed by atoms with Gasteiger partial charge in [-0.05, 0) is 62.0 Å². The molecule has 2 aliphatic carbocycles. The van der Waals surface area contributed by atoms with Gasteiger partial charge in [0.25, 0.3) is 0 Å². The van der Waals surface area contributed by atoms with E-state index in [1.54, 1.807) is 0 Å². The van der Waals surface area contributed by atoms with Crippen molar-refractivity contribution in [2.24, 2.45) is 17.8 Å². The molecular formula is C17H23NO. The fourth-order valence-corrected chi connectivity index (χ4v) is 4.07. The van der Waals surface area contributed by atoms with Crippen LogP contribution in [-0.4, -0.2) is 5.91 Å². The van der Waals surface area contributed by atoms with Gasteiger partial charge in [-0.25, -0.2) is 0 Å². The highest BCUT2D eigenvalue weighted by molar-refractivity contribution is 5.92. The fourth-order valence-electron chi connectivity index (χ4n) is 4.07. The van der Waals surface area contributed by atoms with E-state index in [1.807, 2.05) is 6.07 Å². The van der Waals surface area contributed by atoms with Crippen LogP contribution in [0.1, 0.15) is 43.2 Å². The summed E-state index contributed by atoms with van der Waals surface area (Å²) in [5.74, 6) is 2.59. The van der Waals surface area contributed by atoms with Gasteiger partial charge in [0.05, 0.1) is 0 Å². The lowest BCUT2D eigenvalue weighted by molar-refractivity contribution is -0.117. The molecule has 0 saturated heterocycles. The number of aryl methyl sites for hydroxylation is 2. The van der Waals surface area contributed by atoms with Crippen LogP contribution in [0.4, 0.5) is 5.69 Å². The van der Waals surface area contributed by atoms with Crippen molar-refractivity contribution in [3.8, 4) is 0 Å². The lowest BCUT2D eigenvalue weighted by atomic mass is 9.86. The third-order valence-corrected chi connectivity index (χ3v) is 5.08. The Bertz CT molecular complexity index is 474. The Morgan fingerprint density at radius 2 is 1.95 bits per heavy atom. The number of anilines is 1. The molecular weight excluding hydrogens is 234 g/mol. The number of carbonyl (C=O) groups excluding carboxylic acids is 1. The molecule has 0 heterocycles. The van der Waals surface area contributed by atoms with E-state index in [-0.39, 0.29) is 5.91 Å². The fraction of sp³-hybridized carbons (Fsp3) is 0.588. The van der Waals surface area contributed by atoms with E-state index in [1.165, 1.54) is 25.7 Å². The van der Waals surface area contributed by atoms with Crippen LogP contribution in [0.3, 0.4) is 0 Å². The van der Waals surface area contributed by atoms with Gasteiger partial charge >= 0.3 is 0 Å². The number of hydrogen-bond acceptors (Lipinski definition) is 1. The Morgan fingerprint density at radius 3 is 2.53 bits per heavy atom. The van der Waals surface area contributed by atoms with Gasteiger partial charge in [-0.2, -0.15) is 0 Å². The molecule has 19 heavy (non-hydrogen) atoms. The number of amides is 1. The summed E-state index contributed by atoms with van der Waals surface area (Å²) in [6, 6.07) is 6.15. The van der Waals surface area contributed by atoms with Gasteiger partial charge in [0, 0.05) is 12.1 Å². The monoisotopic (exact) mass is 257 g/mol. The van der Waals surface area contributed by atoms with Gasteiger partial charge in [0.15, 0.2) is 0 Å². The number of hydrogen-bond donors (Lipinski definition) is 1. The van der Waals surface area contributed by atoms with Crippen molar-refractivity contribution in [2.45, 2.75) is 46.0 Å². The Hall–Kier alpha value is -1.31. The third kappa shape index (κ3) is 2.54. The second-order valence-electron chi connectivity index (χ2n) is 6.45. The highest BCUT2D eigenvalue weighted by Gasteiger charge is 2.40. The summed E-state index contributed by atoms with van der Waals surface area (Å²) < 4.78 is 0. The summed E-state index contributed by atoms with van der Waals surface area (Å²) >= 11 is 0. The zero-order valence-corrected chi connectivity index (χ0v) is 11.9. The Labute approximate surface area is 115 Å². The predicted molar refractivity (Wildman–Crippen MR) is 78.1 cm³/mol. The molecule has 1 aromatic rings. The molecule has 1 aromatic carbocycles. The highest BCUT2D eigenvalue weighted by atomic mass is 16.1. The molecule has 0 radical (unpaired) electrons. The summed E-state index contributed by atoms with van der Waals surface area (Å²) in [7, 11) is 0. The van der Waals surface area contributed by atoms with Crippen molar-refractivity contribution in [3.05, 3.63) is 29.3 Å². The van der Waals surface area contributed by atoms with Gasteiger partial charge in [0.1, 0.15) is 0 Å². The first-order chi connectivity index (χ1) is 9.13. The van der Waals surface area contributed by atoms with Crippen LogP contribution in [0, 0.1) is 31.6 Å². The lowest BCUT2D eigenvalue weighted by Gasteiger charge is -2.21. The summed E-state index contributed by atoms with van der Waals surface area (Å²) in [6.07, 6.45) is 6.13. The molecule has 3 rings (SSSR count). The van der Waals surface area contributed by atoms with E-state index in [9.17, 15) is 4.79 Å². The Kier molecular flexibility index (Phi) is 3.34. The summed E-state index contributed by atoms with van der Waals surface area (Å²) in [6.45, 7) is 4.11. The predicted octanol–water partition coefficient (Wildman–Crippen LogP) is 4.07. The van der Waals surface area contributed by atoms with Crippen LogP contribution in [-0.2, 0) is 4.79 Å². The minimum absolute atomic E-state index is 0.204. The van der Waals surface area contributed by atoms with Gasteiger partial charge in [-0.1, -0.05) is 24.6 Å². The number of rotatable bonds is 3. The topological polar surface area (TPSA) is 29.1 Å². The molecule has 2 bridgehead atoms. The van der Waals surface area contributed by atoms with Gasteiger partial charge in [0.2, 0.25) is 5.91 Å². The van der Waals surface area contributed by atoms with E-state index < -0.39 is 0 Å². The molecule has 3 unspecified atom stereocenters. The zero-order chi connectivity index (χ0) is 13.4. The van der Waals surface area contributed by atoms with Gasteiger partial charge in [-0.3, -0.25) is 4.79 Å². The smallest absolute Gasteiger partial charge is 0.224 e. The Balaban J connectivity index is 1.62. The zero-order valence-electron chi connectivity index (χ0n) is 11.9. The molecule has 0 aromatic heterocycles. The number of carbonyl (C=O) groups is 1. The van der Waals surface area contributed by atoms with Crippen LogP contribution in [0.25, 0.3) is 0 Å². The third-order valence-electron chi connectivity index (χ3n) is 5.08. The molecule has 3 atom stereocenters. The molecule has 1 N–H and O–H groups in total. The van der Waals surface area contributed by atoms with E-state index in [2.05, 4.69) is 31.3 Å². The van der Waals surface area contributed by atoms with E-state index >= 15 is 0 Å². The molecule has 2 aliphatic rings. The quantitative estimate of drug-likeness (QED) is 0.869. The van der Waals surface area contributed by atoms with Crippen molar-refractivity contribution >= 4 is 11.6 Å². The first-order valence-electron chi connectivity index (χ1n) is 7.49. The van der Waals surface area contributed by atoms with Crippen molar-refractivity contribution < 1.29 is 4.79 Å². The van der Waals surface area contributed by atoms with Crippen LogP contribution < -0.4 is 5.32 Å². The van der Waals surface area contributed by atoms with Crippen molar-refractivity contribution in [2.75, 3.05) is 5.32 Å². The maximum Gasteiger partial charge on any atom is 0.224 e. The normalized spacial score (nSPS) is 28.6. The average molecular weight is 257 g/mol. The average Bonchev–Trinajstić information content (AvgIpc) is 2.96. The number of benzene rings is 1. The van der Waals surface area contributed by atoms with Crippen molar-refractivity contribution in [1.29, 1.82) is 0 Å². The molecule has 0 aliphatic heterocycles. The standard InChI is InChI=1S/C17H23NO/c1-11-4-3-5-12(2)17(11)18-16(19)10-15-9-13-6-7-14(15)8-13/h3-5,13-15H,6-10H2,1-2H3,(H,18,19). The van der Waals surface area contributed by atoms with Gasteiger partial charge < -0.3 is 5.32 Å². The number of para-hydroxylation sites is 1. The van der Waals surface area contributed by atoms with Crippen molar-refractivity contribution in [3.63, 3.8) is 0 Å². The summed E-state index contributed by atoms with van der Waals surface area (Å²) in [5, 5.41) is 3.13. The first kappa shape index (κ1) is 12.7. The first-order valence-corrected chi connectivity index (χ1v) is 7.49. The molecule has 2 heteroatoms. The Morgan fingerprint density at radius 1 is 1.21 bits per heavy atom. The van der Waals surface area contributed by atoms with Gasteiger partial charge in [-0.15, -0.1) is 0 Å². The second kappa shape index (κ2) is 4.99. The van der Waals surface area contributed by atoms with Crippen LogP contribution in [0.15, 0.2) is 18.2 Å². The largest absolute Gasteiger partial charge is 0.326 e. The highest BCUT2D eigenvalue weighted by Crippen LogP contribution is 2.49. The number of nitrogens with one attached hydrogen (secondary N) is 1. The summed E-state index contributed by atoms with van der Waals surface area (Å²) in [4.78, 5) is 12.2. The molecule has 2 nitrogen and oxygen atoms in total. The molecule has 0 spiro atoms. The van der Waals surface area contributed by atoms with E-state index in [4.69, 9.17) is 0 Å². The molecule has 2 saturated carbocycles. The van der Waals surface area contributed by atoms with Crippen LogP contribution in [0.5, 0.6) is 0 Å². The lowest BCUT2D eigenvalue weighted by Crippen LogP contribution is -2.21. The van der Waals surface area contributed by atoms with E-state index in [0.29, 0.717) is 5.92 Å². The van der Waals surface area contributed by atoms with Crippen LogP contribution in [0.2, 0.25) is 0 Å². The molecule has 1 amide bonds.